The summed E-state index contributed by atoms with van der Waals surface area (Å²) in [5.41, 5.74) is -4.38. The van der Waals surface area contributed by atoms with Gasteiger partial charge >= 0.3 is 5.97 Å². The summed E-state index contributed by atoms with van der Waals surface area (Å²) in [5, 5.41) is 42.9. The lowest BCUT2D eigenvalue weighted by Gasteiger charge is -2.08. The van der Waals surface area contributed by atoms with E-state index in [1.807, 2.05) is 0 Å². The number of fused-ring (bicyclic) bond motifs is 3. The van der Waals surface area contributed by atoms with Crippen LogP contribution in [0.4, 0.5) is 17.1 Å². The maximum atomic E-state index is 12.9. The molecule has 0 saturated carbocycles. The third kappa shape index (κ3) is 3.99. The molecule has 0 bridgehead atoms. The first-order valence-corrected chi connectivity index (χ1v) is 8.87. The summed E-state index contributed by atoms with van der Waals surface area (Å²) in [5.74, 6) is -1.96. The molecular weight excluding hydrogens is 434 g/mol. The van der Waals surface area contributed by atoms with E-state index in [0.29, 0.717) is 6.07 Å². The third-order valence-electron chi connectivity index (χ3n) is 4.50. The lowest BCUT2D eigenvalue weighted by molar-refractivity contribution is -0.394. The maximum absolute atomic E-state index is 12.9. The molecule has 1 aliphatic carbocycles. The minimum absolute atomic E-state index is 0.0134. The molecule has 0 saturated heterocycles. The number of ether oxygens (including phenoxy) is 2. The first kappa shape index (κ1) is 22.4. The topological polar surface area (TPSA) is 202 Å². The largest absolute Gasteiger partial charge is 0.460 e. The summed E-state index contributed by atoms with van der Waals surface area (Å²) in [7, 11) is 0. The molecule has 1 aliphatic rings. The van der Waals surface area contributed by atoms with Gasteiger partial charge in [0.2, 0.25) is 0 Å². The van der Waals surface area contributed by atoms with Gasteiger partial charge in [-0.1, -0.05) is 0 Å². The highest BCUT2D eigenvalue weighted by atomic mass is 16.6. The van der Waals surface area contributed by atoms with Gasteiger partial charge < -0.3 is 14.6 Å². The van der Waals surface area contributed by atoms with E-state index in [0.717, 1.165) is 18.2 Å². The second-order valence-corrected chi connectivity index (χ2v) is 6.38. The number of carbonyl (C=O) groups excluding carboxylic acids is 2. The number of aliphatic hydroxyl groups is 1. The Labute approximate surface area is 177 Å². The smallest absolute Gasteiger partial charge is 0.338 e. The number of nitro groups is 3. The summed E-state index contributed by atoms with van der Waals surface area (Å²) in [6, 6.07) is 3.20. The number of ketones is 1. The fourth-order valence-electron chi connectivity index (χ4n) is 3.22. The molecule has 2 aromatic carbocycles. The Balaban J connectivity index is 2.11. The van der Waals surface area contributed by atoms with Crippen molar-refractivity contribution in [2.75, 3.05) is 26.4 Å². The number of carbonyl (C=O) groups is 2. The van der Waals surface area contributed by atoms with Crippen LogP contribution < -0.4 is 0 Å². The molecule has 0 fully saturated rings. The summed E-state index contributed by atoms with van der Waals surface area (Å²) >= 11 is 0. The highest BCUT2D eigenvalue weighted by Gasteiger charge is 2.41. The zero-order chi connectivity index (χ0) is 23.6. The molecule has 0 radical (unpaired) electrons. The van der Waals surface area contributed by atoms with Crippen LogP contribution in [-0.4, -0.2) is 58.1 Å². The first-order valence-electron chi connectivity index (χ1n) is 8.87. The molecule has 0 aromatic heterocycles. The Hall–Kier alpha value is -4.30. The van der Waals surface area contributed by atoms with E-state index in [-0.39, 0.29) is 37.6 Å². The van der Waals surface area contributed by atoms with Crippen molar-refractivity contribution in [1.29, 1.82) is 0 Å². The number of nitro benzene ring substituents is 3. The van der Waals surface area contributed by atoms with Crippen LogP contribution in [0.25, 0.3) is 11.1 Å². The molecular formula is C18H13N3O11. The predicted molar refractivity (Wildman–Crippen MR) is 103 cm³/mol. The molecule has 1 N–H and O–H groups in total. The first-order chi connectivity index (χ1) is 15.2. The quantitative estimate of drug-likeness (QED) is 0.217. The number of non-ortho nitro benzene ring substituents is 1. The van der Waals surface area contributed by atoms with Gasteiger partial charge in [0, 0.05) is 23.3 Å². The molecule has 32 heavy (non-hydrogen) atoms. The molecule has 0 unspecified atom stereocenters. The normalized spacial score (nSPS) is 11.6. The maximum Gasteiger partial charge on any atom is 0.338 e. The minimum atomic E-state index is -1.02. The Morgan fingerprint density at radius 3 is 2.00 bits per heavy atom. The summed E-state index contributed by atoms with van der Waals surface area (Å²) in [6.07, 6.45) is 0. The van der Waals surface area contributed by atoms with Crippen LogP contribution in [0, 0.1) is 30.3 Å². The zero-order valence-electron chi connectivity index (χ0n) is 16.0. The van der Waals surface area contributed by atoms with Gasteiger partial charge in [-0.15, -0.1) is 0 Å². The van der Waals surface area contributed by atoms with Gasteiger partial charge in [0.15, 0.2) is 5.78 Å². The second kappa shape index (κ2) is 8.83. The molecule has 0 amide bonds. The van der Waals surface area contributed by atoms with E-state index in [4.69, 9.17) is 14.6 Å². The number of benzene rings is 2. The van der Waals surface area contributed by atoms with E-state index < -0.39 is 60.3 Å². The molecule has 2 aromatic rings. The highest BCUT2D eigenvalue weighted by Crippen LogP contribution is 2.48. The van der Waals surface area contributed by atoms with E-state index in [9.17, 15) is 39.9 Å². The van der Waals surface area contributed by atoms with Crippen LogP contribution in [-0.2, 0) is 9.47 Å². The number of nitrogens with zero attached hydrogens (tertiary/aromatic N) is 3. The van der Waals surface area contributed by atoms with Gasteiger partial charge in [-0.3, -0.25) is 35.1 Å². The molecule has 0 aliphatic heterocycles. The average molecular weight is 447 g/mol. The van der Waals surface area contributed by atoms with Crippen molar-refractivity contribution in [2.45, 2.75) is 0 Å². The van der Waals surface area contributed by atoms with Crippen molar-refractivity contribution >= 4 is 28.8 Å². The Morgan fingerprint density at radius 1 is 0.844 bits per heavy atom. The standard InChI is InChI=1S/C18H13N3O11/c22-1-2-31-3-4-32-18(24)9-5-11-15(13(6-9)20(27)28)16-12(17(11)23)7-10(19(25)26)8-14(16)21(29)30/h5-8,22H,1-4H2. The van der Waals surface area contributed by atoms with Crippen molar-refractivity contribution in [3.05, 3.63) is 71.3 Å². The summed E-state index contributed by atoms with van der Waals surface area (Å²) in [4.78, 5) is 56.6. The average Bonchev–Trinajstić information content (AvgIpc) is 3.04. The molecule has 14 heteroatoms. The van der Waals surface area contributed by atoms with Crippen LogP contribution in [0.5, 0.6) is 0 Å². The number of rotatable bonds is 9. The van der Waals surface area contributed by atoms with Gasteiger partial charge in [0.1, 0.15) is 6.61 Å². The number of esters is 1. The fourth-order valence-corrected chi connectivity index (χ4v) is 3.22. The van der Waals surface area contributed by atoms with Crippen LogP contribution >= 0.6 is 0 Å². The van der Waals surface area contributed by atoms with Gasteiger partial charge in [-0.2, -0.15) is 0 Å². The predicted octanol–water partition coefficient (Wildman–Crippen LogP) is 1.79. The Bertz CT molecular complexity index is 1180. The number of aliphatic hydroxyl groups excluding tert-OH is 1. The Kier molecular flexibility index (Phi) is 6.17. The summed E-state index contributed by atoms with van der Waals surface area (Å²) in [6.45, 7) is -0.521. The zero-order valence-corrected chi connectivity index (χ0v) is 16.0. The van der Waals surface area contributed by atoms with E-state index >= 15 is 0 Å². The van der Waals surface area contributed by atoms with Gasteiger partial charge in [0.05, 0.1) is 57.3 Å². The van der Waals surface area contributed by atoms with Crippen LogP contribution in [0.3, 0.4) is 0 Å². The van der Waals surface area contributed by atoms with Crippen molar-refractivity contribution in [3.8, 4) is 11.1 Å². The van der Waals surface area contributed by atoms with Gasteiger partial charge in [-0.05, 0) is 6.07 Å². The van der Waals surface area contributed by atoms with Crippen LogP contribution in [0.1, 0.15) is 26.3 Å². The minimum Gasteiger partial charge on any atom is -0.460 e. The van der Waals surface area contributed by atoms with E-state index in [1.165, 1.54) is 0 Å². The van der Waals surface area contributed by atoms with Crippen molar-refractivity contribution in [2.24, 2.45) is 0 Å². The van der Waals surface area contributed by atoms with E-state index in [2.05, 4.69) is 0 Å². The highest BCUT2D eigenvalue weighted by molar-refractivity contribution is 6.25. The SMILES string of the molecule is O=C(OCCOCCO)c1cc2c(c([N+](=O)[O-])c1)-c1c(cc([N+](=O)[O-])cc1[N+](=O)[O-])C2=O. The third-order valence-corrected chi connectivity index (χ3v) is 4.50. The van der Waals surface area contributed by atoms with Gasteiger partial charge in [-0.25, -0.2) is 4.79 Å². The lowest BCUT2D eigenvalue weighted by Crippen LogP contribution is -2.13. The lowest BCUT2D eigenvalue weighted by atomic mass is 9.99. The molecule has 0 atom stereocenters. The van der Waals surface area contributed by atoms with Gasteiger partial charge in [0.25, 0.3) is 17.1 Å². The number of hydrogen-bond acceptors (Lipinski definition) is 11. The molecule has 0 heterocycles. The monoisotopic (exact) mass is 447 g/mol. The second-order valence-electron chi connectivity index (χ2n) is 6.38. The Morgan fingerprint density at radius 2 is 1.44 bits per heavy atom. The van der Waals surface area contributed by atoms with Crippen molar-refractivity contribution in [3.63, 3.8) is 0 Å². The van der Waals surface area contributed by atoms with Crippen LogP contribution in [0.2, 0.25) is 0 Å². The fraction of sp³-hybridized carbons (Fsp3) is 0.222. The molecule has 3 rings (SSSR count). The molecule has 0 spiro atoms. The molecule has 166 valence electrons. The summed E-state index contributed by atoms with van der Waals surface area (Å²) < 4.78 is 9.84. The van der Waals surface area contributed by atoms with Crippen molar-refractivity contribution in [1.82, 2.24) is 0 Å². The molecule has 14 nitrogen and oxygen atoms in total. The van der Waals surface area contributed by atoms with E-state index in [1.54, 1.807) is 0 Å². The van der Waals surface area contributed by atoms with Crippen molar-refractivity contribution < 1.29 is 38.9 Å². The number of hydrogen-bond donors (Lipinski definition) is 1. The van der Waals surface area contributed by atoms with Crippen LogP contribution in [0.15, 0.2) is 24.3 Å².